The van der Waals surface area contributed by atoms with E-state index in [1.165, 1.54) is 0 Å². The van der Waals surface area contributed by atoms with Crippen molar-refractivity contribution < 1.29 is 24.2 Å². The maximum Gasteiger partial charge on any atom is 0.409 e. The Bertz CT molecular complexity index is 649. The maximum atomic E-state index is 12.2. The third-order valence-electron chi connectivity index (χ3n) is 4.75. The quantitative estimate of drug-likeness (QED) is 0.420. The molecule has 0 aromatic heterocycles. The maximum absolute atomic E-state index is 12.2. The number of carbonyl (C=O) groups excluding carboxylic acids is 2. The Morgan fingerprint density at radius 3 is 2.31 bits per heavy atom. The van der Waals surface area contributed by atoms with Gasteiger partial charge in [0.15, 0.2) is 0 Å². The lowest BCUT2D eigenvalue weighted by atomic mass is 10.2. The molecule has 0 radical (unpaired) electrons. The van der Waals surface area contributed by atoms with E-state index in [9.17, 15) is 14.7 Å². The van der Waals surface area contributed by atoms with Crippen LogP contribution in [0.25, 0.3) is 0 Å². The second-order valence-corrected chi connectivity index (χ2v) is 8.87. The molecule has 1 aromatic rings. The number of nitrogens with zero attached hydrogens (tertiary/aromatic N) is 2. The Hall–Kier alpha value is -2.32. The van der Waals surface area contributed by atoms with Crippen LogP contribution >= 0.6 is 0 Å². The van der Waals surface area contributed by atoms with Crippen molar-refractivity contribution in [2.75, 3.05) is 46.4 Å². The summed E-state index contributed by atoms with van der Waals surface area (Å²) in [6.07, 6.45) is 3.21. The second kappa shape index (κ2) is 15.5. The molecule has 32 heavy (non-hydrogen) atoms. The lowest BCUT2D eigenvalue weighted by molar-refractivity contribution is 0.0527. The Kier molecular flexibility index (Phi) is 13.4. The van der Waals surface area contributed by atoms with Crippen molar-refractivity contribution in [2.24, 2.45) is 0 Å². The number of hydrogen-bond donors (Lipinski definition) is 2. The summed E-state index contributed by atoms with van der Waals surface area (Å²) in [5.41, 5.74) is 0.477. The minimum absolute atomic E-state index is 0.0853. The number of benzene rings is 1. The van der Waals surface area contributed by atoms with E-state index in [-0.39, 0.29) is 25.4 Å². The van der Waals surface area contributed by atoms with E-state index in [0.717, 1.165) is 37.8 Å². The summed E-state index contributed by atoms with van der Waals surface area (Å²) in [7, 11) is 1.72. The molecule has 0 fully saturated rings. The van der Waals surface area contributed by atoms with E-state index < -0.39 is 5.60 Å². The van der Waals surface area contributed by atoms with Crippen LogP contribution in [0, 0.1) is 0 Å². The Balaban J connectivity index is 2.16. The smallest absolute Gasteiger partial charge is 0.409 e. The molecule has 0 saturated heterocycles. The first-order valence-electron chi connectivity index (χ1n) is 11.4. The summed E-state index contributed by atoms with van der Waals surface area (Å²) in [4.78, 5) is 27.5. The number of rotatable bonds is 14. The normalized spacial score (nSPS) is 11.3. The van der Waals surface area contributed by atoms with Crippen molar-refractivity contribution in [3.05, 3.63) is 35.9 Å². The van der Waals surface area contributed by atoms with E-state index in [4.69, 9.17) is 9.47 Å². The Morgan fingerprint density at radius 2 is 1.66 bits per heavy atom. The number of aliphatic hydroxyl groups is 1. The van der Waals surface area contributed by atoms with Crippen LogP contribution < -0.4 is 5.32 Å². The number of hydrogen-bond acceptors (Lipinski definition) is 6. The standard InChI is InChI=1S/C24H41N3O5/c1-24(2,3)32-22(29)25-14-10-5-6-11-15-27(18-19-28)17-16-26(4)23(30)31-20-21-12-8-7-9-13-21/h7-9,12-13,28H,5-6,10-11,14-20H2,1-4H3,(H,25,29). The molecule has 2 N–H and O–H groups in total. The van der Waals surface area contributed by atoms with Gasteiger partial charge in [-0.25, -0.2) is 9.59 Å². The number of nitrogens with one attached hydrogen (secondary N) is 1. The molecule has 0 aliphatic rings. The molecule has 0 saturated carbocycles. The molecular weight excluding hydrogens is 410 g/mol. The number of carbonyl (C=O) groups is 2. The van der Waals surface area contributed by atoms with Gasteiger partial charge in [-0.15, -0.1) is 0 Å². The van der Waals surface area contributed by atoms with Crippen LogP contribution in [-0.4, -0.2) is 79.1 Å². The third kappa shape index (κ3) is 13.9. The highest BCUT2D eigenvalue weighted by molar-refractivity contribution is 5.67. The van der Waals surface area contributed by atoms with Crippen LogP contribution in [-0.2, 0) is 16.1 Å². The summed E-state index contributed by atoms with van der Waals surface area (Å²) in [6, 6.07) is 9.59. The zero-order valence-corrected chi connectivity index (χ0v) is 20.1. The average Bonchev–Trinajstić information content (AvgIpc) is 2.74. The Labute approximate surface area is 192 Å². The van der Waals surface area contributed by atoms with Gasteiger partial charge in [-0.05, 0) is 45.7 Å². The molecule has 8 nitrogen and oxygen atoms in total. The average molecular weight is 452 g/mol. The summed E-state index contributed by atoms with van der Waals surface area (Å²) < 4.78 is 10.5. The molecule has 182 valence electrons. The van der Waals surface area contributed by atoms with Gasteiger partial charge in [0.25, 0.3) is 0 Å². The van der Waals surface area contributed by atoms with Crippen LogP contribution in [0.15, 0.2) is 30.3 Å². The fourth-order valence-corrected chi connectivity index (χ4v) is 3.01. The van der Waals surface area contributed by atoms with Crippen molar-refractivity contribution in [3.63, 3.8) is 0 Å². The van der Waals surface area contributed by atoms with Gasteiger partial charge >= 0.3 is 12.2 Å². The number of unbranched alkanes of at least 4 members (excludes halogenated alkanes) is 3. The first-order chi connectivity index (χ1) is 15.2. The molecular formula is C24H41N3O5. The minimum Gasteiger partial charge on any atom is -0.445 e. The highest BCUT2D eigenvalue weighted by atomic mass is 16.6. The van der Waals surface area contributed by atoms with Gasteiger partial charge in [0.05, 0.1) is 6.61 Å². The fraction of sp³-hybridized carbons (Fsp3) is 0.667. The van der Waals surface area contributed by atoms with Crippen LogP contribution in [0.3, 0.4) is 0 Å². The molecule has 0 bridgehead atoms. The highest BCUT2D eigenvalue weighted by Gasteiger charge is 2.15. The highest BCUT2D eigenvalue weighted by Crippen LogP contribution is 2.07. The number of amides is 2. The first kappa shape index (κ1) is 27.7. The second-order valence-electron chi connectivity index (χ2n) is 8.87. The molecule has 0 heterocycles. The molecule has 8 heteroatoms. The number of ether oxygens (including phenoxy) is 2. The van der Waals surface area contributed by atoms with Gasteiger partial charge in [0.2, 0.25) is 0 Å². The number of aliphatic hydroxyl groups excluding tert-OH is 1. The first-order valence-corrected chi connectivity index (χ1v) is 11.4. The summed E-state index contributed by atoms with van der Waals surface area (Å²) in [5.74, 6) is 0. The number of likely N-dealkylation sites (N-methyl/N-ethyl adjacent to an activating group) is 1. The third-order valence-corrected chi connectivity index (χ3v) is 4.75. The zero-order valence-electron chi connectivity index (χ0n) is 20.1. The largest absolute Gasteiger partial charge is 0.445 e. The Morgan fingerprint density at radius 1 is 0.969 bits per heavy atom. The molecule has 2 amide bonds. The minimum atomic E-state index is -0.479. The summed E-state index contributed by atoms with van der Waals surface area (Å²) in [5, 5.41) is 12.1. The topological polar surface area (TPSA) is 91.3 Å². The van der Waals surface area contributed by atoms with Crippen molar-refractivity contribution in [1.29, 1.82) is 0 Å². The monoisotopic (exact) mass is 451 g/mol. The lowest BCUT2D eigenvalue weighted by Gasteiger charge is -2.24. The van der Waals surface area contributed by atoms with Crippen LogP contribution in [0.2, 0.25) is 0 Å². The molecule has 1 aromatic carbocycles. The van der Waals surface area contributed by atoms with Gasteiger partial charge in [-0.3, -0.25) is 4.90 Å². The lowest BCUT2D eigenvalue weighted by Crippen LogP contribution is -2.38. The van der Waals surface area contributed by atoms with Gasteiger partial charge < -0.3 is 24.8 Å². The van der Waals surface area contributed by atoms with E-state index in [2.05, 4.69) is 10.2 Å². The van der Waals surface area contributed by atoms with Crippen molar-refractivity contribution >= 4 is 12.2 Å². The van der Waals surface area contributed by atoms with Gasteiger partial charge in [0, 0.05) is 33.2 Å². The van der Waals surface area contributed by atoms with Crippen molar-refractivity contribution in [3.8, 4) is 0 Å². The van der Waals surface area contributed by atoms with Crippen molar-refractivity contribution in [2.45, 2.75) is 58.7 Å². The predicted octanol–water partition coefficient (Wildman–Crippen LogP) is 3.63. The van der Waals surface area contributed by atoms with E-state index >= 15 is 0 Å². The molecule has 0 aliphatic carbocycles. The summed E-state index contributed by atoms with van der Waals surface area (Å²) in [6.45, 7) is 9.12. The van der Waals surface area contributed by atoms with E-state index in [1.54, 1.807) is 11.9 Å². The van der Waals surface area contributed by atoms with Crippen LogP contribution in [0.4, 0.5) is 9.59 Å². The zero-order chi connectivity index (χ0) is 23.8. The van der Waals surface area contributed by atoms with Gasteiger partial charge in [0.1, 0.15) is 12.2 Å². The van der Waals surface area contributed by atoms with Crippen molar-refractivity contribution in [1.82, 2.24) is 15.1 Å². The predicted molar refractivity (Wildman–Crippen MR) is 125 cm³/mol. The number of alkyl carbamates (subject to hydrolysis) is 1. The van der Waals surface area contributed by atoms with Crippen LogP contribution in [0.5, 0.6) is 0 Å². The fourth-order valence-electron chi connectivity index (χ4n) is 3.01. The summed E-state index contributed by atoms with van der Waals surface area (Å²) >= 11 is 0. The molecule has 1 rings (SSSR count). The van der Waals surface area contributed by atoms with E-state index in [1.807, 2.05) is 51.1 Å². The molecule has 0 spiro atoms. The molecule has 0 unspecified atom stereocenters. The van der Waals surface area contributed by atoms with Gasteiger partial charge in [-0.2, -0.15) is 0 Å². The molecule has 0 atom stereocenters. The van der Waals surface area contributed by atoms with E-state index in [0.29, 0.717) is 26.2 Å². The molecule has 0 aliphatic heterocycles. The SMILES string of the molecule is CN(CCN(CCO)CCCCCCNC(=O)OC(C)(C)C)C(=O)OCc1ccccc1. The van der Waals surface area contributed by atoms with Gasteiger partial charge in [-0.1, -0.05) is 43.2 Å². The van der Waals surface area contributed by atoms with Crippen LogP contribution in [0.1, 0.15) is 52.0 Å².